The summed E-state index contributed by atoms with van der Waals surface area (Å²) < 4.78 is 69.4. The van der Waals surface area contributed by atoms with E-state index in [1.165, 1.54) is 12.4 Å². The Bertz CT molecular complexity index is 1310. The van der Waals surface area contributed by atoms with Crippen molar-refractivity contribution >= 4 is 11.6 Å². The van der Waals surface area contributed by atoms with Crippen molar-refractivity contribution in [2.75, 3.05) is 43.4 Å². The molecule has 216 valence electrons. The summed E-state index contributed by atoms with van der Waals surface area (Å²) in [6, 6.07) is 2.93. The quantitative estimate of drug-likeness (QED) is 0.385. The van der Waals surface area contributed by atoms with Crippen LogP contribution in [0, 0.1) is 5.82 Å². The maximum Gasteiger partial charge on any atom is 0.419 e. The molecule has 3 aromatic rings. The van der Waals surface area contributed by atoms with Gasteiger partial charge < -0.3 is 20.1 Å². The zero-order valence-corrected chi connectivity index (χ0v) is 22.5. The molecule has 7 nitrogen and oxygen atoms in total. The topological polar surface area (TPSA) is 76.1 Å². The molecule has 2 aromatic heterocycles. The van der Waals surface area contributed by atoms with Crippen LogP contribution in [-0.2, 0) is 19.1 Å². The molecule has 2 fully saturated rings. The molecule has 0 atom stereocenters. The highest BCUT2D eigenvalue weighted by Crippen LogP contribution is 2.36. The number of imidazole rings is 1. The third-order valence-corrected chi connectivity index (χ3v) is 8.02. The zero-order valence-electron chi connectivity index (χ0n) is 22.5. The highest BCUT2D eigenvalue weighted by Gasteiger charge is 2.34. The number of alkyl halides is 4. The Morgan fingerprint density at radius 3 is 2.38 bits per heavy atom. The predicted molar refractivity (Wildman–Crippen MR) is 143 cm³/mol. The Labute approximate surface area is 230 Å². The molecule has 1 aromatic carbocycles. The first kappa shape index (κ1) is 28.3. The molecule has 0 saturated carbocycles. The SMILES string of the molecule is CCc1c(N)ncnc1N1CCC(c2nc(-c3ccc(C(F)(F)F)c(F)c3)cn2CCN2CCC(F)CC2)CC1. The molecular weight excluding hydrogens is 529 g/mol. The van der Waals surface area contributed by atoms with Gasteiger partial charge in [-0.25, -0.2) is 23.7 Å². The Morgan fingerprint density at radius 1 is 1.00 bits per heavy atom. The lowest BCUT2D eigenvalue weighted by molar-refractivity contribution is -0.139. The van der Waals surface area contributed by atoms with E-state index in [2.05, 4.69) is 19.8 Å². The molecule has 0 amide bonds. The average molecular weight is 564 g/mol. The van der Waals surface area contributed by atoms with Crippen molar-refractivity contribution in [3.05, 3.63) is 53.5 Å². The first-order valence-electron chi connectivity index (χ1n) is 13.8. The van der Waals surface area contributed by atoms with Crippen molar-refractivity contribution in [2.45, 2.75) is 63.8 Å². The molecule has 0 aliphatic carbocycles. The summed E-state index contributed by atoms with van der Waals surface area (Å²) in [5.41, 5.74) is 6.43. The molecule has 2 aliphatic rings. The molecule has 2 saturated heterocycles. The number of benzene rings is 1. The molecule has 0 bridgehead atoms. The van der Waals surface area contributed by atoms with Crippen LogP contribution in [0.5, 0.6) is 0 Å². The van der Waals surface area contributed by atoms with E-state index in [0.717, 1.165) is 61.7 Å². The fourth-order valence-electron chi connectivity index (χ4n) is 5.73. The van der Waals surface area contributed by atoms with Crippen LogP contribution in [0.3, 0.4) is 0 Å². The number of nitrogens with two attached hydrogens (primary N) is 1. The normalized spacial score (nSPS) is 18.0. The minimum Gasteiger partial charge on any atom is -0.383 e. The van der Waals surface area contributed by atoms with Crippen molar-refractivity contribution in [2.24, 2.45) is 0 Å². The minimum absolute atomic E-state index is 0.102. The number of hydrogen-bond donors (Lipinski definition) is 1. The molecular formula is C28H34F5N7. The second-order valence-corrected chi connectivity index (χ2v) is 10.6. The highest BCUT2D eigenvalue weighted by molar-refractivity contribution is 5.60. The molecule has 0 unspecified atom stereocenters. The summed E-state index contributed by atoms with van der Waals surface area (Å²) in [5.74, 6) is 0.932. The maximum atomic E-state index is 14.4. The number of rotatable bonds is 7. The van der Waals surface area contributed by atoms with Crippen molar-refractivity contribution in [3.63, 3.8) is 0 Å². The van der Waals surface area contributed by atoms with Gasteiger partial charge >= 0.3 is 6.18 Å². The van der Waals surface area contributed by atoms with Gasteiger partial charge in [0.15, 0.2) is 0 Å². The number of anilines is 2. The van der Waals surface area contributed by atoms with Gasteiger partial charge in [-0.15, -0.1) is 0 Å². The third kappa shape index (κ3) is 6.06. The Balaban J connectivity index is 1.38. The van der Waals surface area contributed by atoms with E-state index in [9.17, 15) is 22.0 Å². The van der Waals surface area contributed by atoms with Gasteiger partial charge in [-0.1, -0.05) is 13.0 Å². The van der Waals surface area contributed by atoms with Crippen LogP contribution >= 0.6 is 0 Å². The molecule has 5 rings (SSSR count). The molecule has 0 radical (unpaired) electrons. The van der Waals surface area contributed by atoms with Crippen LogP contribution in [0.2, 0.25) is 0 Å². The molecule has 2 aliphatic heterocycles. The molecule has 0 spiro atoms. The standard InChI is InChI=1S/C28H34F5N7/c1-2-21-25(34)35-17-36-27(21)39-11-5-18(6-12-39)26-37-24(19-3-4-22(23(30)15-19)28(31,32)33)16-40(26)14-13-38-9-7-20(29)8-10-38/h3-4,15-18,20H,2,5-14H2,1H3,(H2,34,35,36). The molecule has 12 heteroatoms. The van der Waals surface area contributed by atoms with Crippen LogP contribution in [-0.4, -0.2) is 63.3 Å². The largest absolute Gasteiger partial charge is 0.419 e. The van der Waals surface area contributed by atoms with E-state index in [-0.39, 0.29) is 5.92 Å². The van der Waals surface area contributed by atoms with Gasteiger partial charge in [-0.05, 0) is 44.2 Å². The Morgan fingerprint density at radius 2 is 1.73 bits per heavy atom. The van der Waals surface area contributed by atoms with Gasteiger partial charge in [-0.2, -0.15) is 13.2 Å². The lowest BCUT2D eigenvalue weighted by Crippen LogP contribution is -2.37. The second-order valence-electron chi connectivity index (χ2n) is 10.6. The summed E-state index contributed by atoms with van der Waals surface area (Å²) in [5, 5.41) is 0. The maximum absolute atomic E-state index is 14.4. The van der Waals surface area contributed by atoms with Gasteiger partial charge in [0.2, 0.25) is 0 Å². The first-order valence-corrected chi connectivity index (χ1v) is 13.8. The molecule has 40 heavy (non-hydrogen) atoms. The smallest absolute Gasteiger partial charge is 0.383 e. The fraction of sp³-hybridized carbons (Fsp3) is 0.536. The van der Waals surface area contributed by atoms with Crippen LogP contribution in [0.15, 0.2) is 30.7 Å². The minimum atomic E-state index is -4.76. The van der Waals surface area contributed by atoms with Crippen LogP contribution < -0.4 is 10.6 Å². The van der Waals surface area contributed by atoms with Crippen LogP contribution in [0.4, 0.5) is 33.6 Å². The summed E-state index contributed by atoms with van der Waals surface area (Å²) in [6.45, 7) is 6.15. The van der Waals surface area contributed by atoms with Gasteiger partial charge in [0.1, 0.15) is 35.8 Å². The third-order valence-electron chi connectivity index (χ3n) is 8.02. The lowest BCUT2D eigenvalue weighted by Gasteiger charge is -2.34. The zero-order chi connectivity index (χ0) is 28.4. The fourth-order valence-corrected chi connectivity index (χ4v) is 5.73. The predicted octanol–water partition coefficient (Wildman–Crippen LogP) is 5.46. The van der Waals surface area contributed by atoms with Gasteiger partial charge in [0, 0.05) is 62.5 Å². The second kappa shape index (κ2) is 11.7. The Kier molecular flexibility index (Phi) is 8.25. The van der Waals surface area contributed by atoms with Crippen LogP contribution in [0.1, 0.15) is 55.5 Å². The van der Waals surface area contributed by atoms with E-state index >= 15 is 0 Å². The number of likely N-dealkylation sites (tertiary alicyclic amines) is 1. The van der Waals surface area contributed by atoms with E-state index in [1.807, 2.05) is 11.5 Å². The molecule has 2 N–H and O–H groups in total. The van der Waals surface area contributed by atoms with E-state index in [4.69, 9.17) is 10.7 Å². The van der Waals surface area contributed by atoms with E-state index < -0.39 is 23.7 Å². The average Bonchev–Trinajstić information content (AvgIpc) is 3.36. The number of piperidine rings is 2. The summed E-state index contributed by atoms with van der Waals surface area (Å²) in [7, 11) is 0. The highest BCUT2D eigenvalue weighted by atomic mass is 19.4. The van der Waals surface area contributed by atoms with Gasteiger partial charge in [0.25, 0.3) is 0 Å². The van der Waals surface area contributed by atoms with Gasteiger partial charge in [0.05, 0.1) is 11.3 Å². The summed E-state index contributed by atoms with van der Waals surface area (Å²) >= 11 is 0. The number of hydrogen-bond acceptors (Lipinski definition) is 6. The summed E-state index contributed by atoms with van der Waals surface area (Å²) in [4.78, 5) is 17.8. The lowest BCUT2D eigenvalue weighted by atomic mass is 9.95. The first-order chi connectivity index (χ1) is 19.1. The van der Waals surface area contributed by atoms with Crippen LogP contribution in [0.25, 0.3) is 11.3 Å². The van der Waals surface area contributed by atoms with Crippen molar-refractivity contribution in [1.29, 1.82) is 0 Å². The number of nitrogens with zero attached hydrogens (tertiary/aromatic N) is 6. The monoisotopic (exact) mass is 563 g/mol. The van der Waals surface area contributed by atoms with E-state index in [1.54, 1.807) is 6.20 Å². The van der Waals surface area contributed by atoms with Crippen molar-refractivity contribution < 1.29 is 22.0 Å². The Hall–Kier alpha value is -3.28. The number of aromatic nitrogens is 4. The van der Waals surface area contributed by atoms with Crippen molar-refractivity contribution in [1.82, 2.24) is 24.4 Å². The number of nitrogen functional groups attached to an aromatic ring is 1. The summed E-state index contributed by atoms with van der Waals surface area (Å²) in [6.07, 6.45) is 1.08. The van der Waals surface area contributed by atoms with Gasteiger partial charge in [-0.3, -0.25) is 0 Å². The van der Waals surface area contributed by atoms with E-state index in [0.29, 0.717) is 56.1 Å². The number of halogens is 5. The van der Waals surface area contributed by atoms with Crippen molar-refractivity contribution in [3.8, 4) is 11.3 Å². The molecule has 4 heterocycles.